The van der Waals surface area contributed by atoms with E-state index in [1.807, 2.05) is 48.5 Å². The highest BCUT2D eigenvalue weighted by atomic mass is 16.4. The van der Waals surface area contributed by atoms with Gasteiger partial charge in [-0.15, -0.1) is 0 Å². The van der Waals surface area contributed by atoms with Crippen LogP contribution in [0.15, 0.2) is 130 Å². The summed E-state index contributed by atoms with van der Waals surface area (Å²) in [6.45, 7) is 0. The molecule has 44 heavy (non-hydrogen) atoms. The lowest BCUT2D eigenvalue weighted by molar-refractivity contribution is 0.620. The van der Waals surface area contributed by atoms with Crippen LogP contribution < -0.4 is 0 Å². The third kappa shape index (κ3) is 2.67. The maximum Gasteiger partial charge on any atom is 0.228 e. The zero-order chi connectivity index (χ0) is 28.5. The molecule has 0 radical (unpaired) electrons. The molecule has 0 saturated carbocycles. The van der Waals surface area contributed by atoms with Crippen molar-refractivity contribution in [2.75, 3.05) is 0 Å². The topological polar surface area (TPSA) is 60.9 Å². The average Bonchev–Trinajstić information content (AvgIpc) is 3.85. The van der Waals surface area contributed by atoms with E-state index in [2.05, 4.69) is 81.6 Å². The van der Waals surface area contributed by atoms with E-state index >= 15 is 0 Å². The zero-order valence-corrected chi connectivity index (χ0v) is 23.2. The molecule has 6 nitrogen and oxygen atoms in total. The largest absolute Gasteiger partial charge is 0.436 e. The van der Waals surface area contributed by atoms with Gasteiger partial charge in [0.15, 0.2) is 11.2 Å². The second-order valence-electron chi connectivity index (χ2n) is 11.4. The smallest absolute Gasteiger partial charge is 0.228 e. The van der Waals surface area contributed by atoms with E-state index in [1.54, 1.807) is 0 Å². The molecule has 5 heterocycles. The molecule has 11 aromatic rings. The molecule has 6 aromatic carbocycles. The van der Waals surface area contributed by atoms with Gasteiger partial charge in [0.05, 0.1) is 33.1 Å². The van der Waals surface area contributed by atoms with E-state index in [4.69, 9.17) is 18.8 Å². The Balaban J connectivity index is 1.36. The van der Waals surface area contributed by atoms with Crippen molar-refractivity contribution < 1.29 is 8.83 Å². The average molecular weight is 565 g/mol. The number of benzene rings is 6. The maximum absolute atomic E-state index is 6.34. The molecule has 6 heteroatoms. The highest BCUT2D eigenvalue weighted by molar-refractivity contribution is 6.26. The summed E-state index contributed by atoms with van der Waals surface area (Å²) in [6.07, 6.45) is 0. The Kier molecular flexibility index (Phi) is 3.99. The van der Waals surface area contributed by atoms with Crippen molar-refractivity contribution in [3.8, 4) is 22.9 Å². The molecule has 0 fully saturated rings. The van der Waals surface area contributed by atoms with Crippen molar-refractivity contribution >= 4 is 76.8 Å². The molecule has 0 aliphatic heterocycles. The first kappa shape index (κ1) is 22.5. The van der Waals surface area contributed by atoms with Crippen LogP contribution in [-0.4, -0.2) is 18.8 Å². The first-order chi connectivity index (χ1) is 21.8. The maximum atomic E-state index is 6.34. The second kappa shape index (κ2) is 7.82. The fraction of sp³-hybridized carbons (Fsp3) is 0. The van der Waals surface area contributed by atoms with E-state index in [0.717, 1.165) is 88.0 Å². The predicted octanol–water partition coefficient (Wildman–Crippen LogP) is 9.86. The Morgan fingerprint density at radius 2 is 0.841 bits per heavy atom. The van der Waals surface area contributed by atoms with Gasteiger partial charge in [0.2, 0.25) is 11.8 Å². The molecule has 5 aromatic heterocycles. The van der Waals surface area contributed by atoms with Crippen molar-refractivity contribution in [2.24, 2.45) is 0 Å². The first-order valence-electron chi connectivity index (χ1n) is 14.7. The van der Waals surface area contributed by atoms with Crippen LogP contribution in [0.5, 0.6) is 0 Å². The number of hydrogen-bond acceptors (Lipinski definition) is 4. The number of para-hydroxylation sites is 6. The number of aromatic nitrogens is 4. The minimum absolute atomic E-state index is 0.625. The first-order valence-corrected chi connectivity index (χ1v) is 14.7. The highest BCUT2D eigenvalue weighted by Gasteiger charge is 2.26. The van der Waals surface area contributed by atoms with Crippen LogP contribution in [-0.2, 0) is 0 Å². The summed E-state index contributed by atoms with van der Waals surface area (Å²) in [5, 5.41) is 4.58. The summed E-state index contributed by atoms with van der Waals surface area (Å²) >= 11 is 0. The number of hydrogen-bond donors (Lipinski definition) is 0. The molecular weight excluding hydrogens is 544 g/mol. The summed E-state index contributed by atoms with van der Waals surface area (Å²) < 4.78 is 17.5. The summed E-state index contributed by atoms with van der Waals surface area (Å²) in [6, 6.07) is 41.9. The lowest BCUT2D eigenvalue weighted by atomic mass is 10.0. The van der Waals surface area contributed by atoms with E-state index in [0.29, 0.717) is 11.8 Å². The van der Waals surface area contributed by atoms with Gasteiger partial charge in [-0.05, 0) is 60.7 Å². The molecular formula is C38H20N4O2. The lowest BCUT2D eigenvalue weighted by Gasteiger charge is -2.13. The number of oxazole rings is 2. The lowest BCUT2D eigenvalue weighted by Crippen LogP contribution is -1.98. The van der Waals surface area contributed by atoms with Crippen molar-refractivity contribution in [3.05, 3.63) is 121 Å². The Labute approximate surface area is 248 Å². The zero-order valence-electron chi connectivity index (χ0n) is 23.2. The van der Waals surface area contributed by atoms with Crippen LogP contribution in [0.1, 0.15) is 0 Å². The van der Waals surface area contributed by atoms with Crippen LogP contribution in [0.3, 0.4) is 0 Å². The molecule has 0 bridgehead atoms. The molecule has 0 atom stereocenters. The number of nitrogens with zero attached hydrogens (tertiary/aromatic N) is 4. The molecule has 0 amide bonds. The highest BCUT2D eigenvalue weighted by Crippen LogP contribution is 2.46. The van der Waals surface area contributed by atoms with Crippen molar-refractivity contribution in [2.45, 2.75) is 0 Å². The standard InChI is InChI=1S/C38H20N4O2/c1-5-13-27-21(9-1)33-23(37-39-25-11-3-7-15-31(25)43-37)17-19-29-35(33)41(27)30-20-18-24(38-40-26-12-4-8-16-32(26)44-38)34-22-10-2-6-14-28(22)42(29)36(30)34/h1-20H. The molecule has 11 rings (SSSR count). The fourth-order valence-corrected chi connectivity index (χ4v) is 7.35. The van der Waals surface area contributed by atoms with Crippen LogP contribution in [0, 0.1) is 0 Å². The Bertz CT molecular complexity index is 2690. The third-order valence-corrected chi connectivity index (χ3v) is 9.12. The summed E-state index contributed by atoms with van der Waals surface area (Å²) in [5.74, 6) is 1.25. The molecule has 0 saturated heterocycles. The van der Waals surface area contributed by atoms with Crippen molar-refractivity contribution in [3.63, 3.8) is 0 Å². The third-order valence-electron chi connectivity index (χ3n) is 9.12. The van der Waals surface area contributed by atoms with Crippen molar-refractivity contribution in [1.29, 1.82) is 0 Å². The SMILES string of the molecule is c1ccc2oc(-c3ccc4c5c3c3ccccc3n5c3ccc(-c5nc6ccccc6o5)c5c6ccccc6n4c53)nc2c1. The van der Waals surface area contributed by atoms with Gasteiger partial charge in [-0.3, -0.25) is 0 Å². The Morgan fingerprint density at radius 1 is 0.409 bits per heavy atom. The van der Waals surface area contributed by atoms with E-state index in [-0.39, 0.29) is 0 Å². The molecule has 0 aliphatic rings. The normalized spacial score (nSPS) is 12.5. The molecule has 0 N–H and O–H groups in total. The van der Waals surface area contributed by atoms with E-state index in [1.165, 1.54) is 0 Å². The van der Waals surface area contributed by atoms with Gasteiger partial charge >= 0.3 is 0 Å². The van der Waals surface area contributed by atoms with Gasteiger partial charge in [0.25, 0.3) is 0 Å². The van der Waals surface area contributed by atoms with Gasteiger partial charge in [-0.25, -0.2) is 9.97 Å². The van der Waals surface area contributed by atoms with E-state index < -0.39 is 0 Å². The summed E-state index contributed by atoms with van der Waals surface area (Å²) in [5.41, 5.74) is 12.0. The van der Waals surface area contributed by atoms with Crippen molar-refractivity contribution in [1.82, 2.24) is 18.8 Å². The second-order valence-corrected chi connectivity index (χ2v) is 11.4. The van der Waals surface area contributed by atoms with Gasteiger partial charge in [-0.2, -0.15) is 0 Å². The predicted molar refractivity (Wildman–Crippen MR) is 176 cm³/mol. The summed E-state index contributed by atoms with van der Waals surface area (Å²) in [7, 11) is 0. The van der Waals surface area contributed by atoms with Crippen LogP contribution in [0.4, 0.5) is 0 Å². The molecule has 0 spiro atoms. The van der Waals surface area contributed by atoms with Crippen LogP contribution in [0.2, 0.25) is 0 Å². The van der Waals surface area contributed by atoms with Gasteiger partial charge in [0.1, 0.15) is 11.0 Å². The van der Waals surface area contributed by atoms with Gasteiger partial charge in [0, 0.05) is 32.7 Å². The Hall–Kier alpha value is -6.14. The van der Waals surface area contributed by atoms with Crippen LogP contribution in [0.25, 0.3) is 99.8 Å². The summed E-state index contributed by atoms with van der Waals surface area (Å²) in [4.78, 5) is 9.82. The van der Waals surface area contributed by atoms with E-state index in [9.17, 15) is 0 Å². The fourth-order valence-electron chi connectivity index (χ4n) is 7.35. The molecule has 0 unspecified atom stereocenters. The number of rotatable bonds is 2. The Morgan fingerprint density at radius 3 is 1.32 bits per heavy atom. The minimum Gasteiger partial charge on any atom is -0.436 e. The molecule has 204 valence electrons. The quantitative estimate of drug-likeness (QED) is 0.196. The van der Waals surface area contributed by atoms with Crippen LogP contribution >= 0.6 is 0 Å². The minimum atomic E-state index is 0.625. The molecule has 0 aliphatic carbocycles. The van der Waals surface area contributed by atoms with Gasteiger partial charge in [-0.1, -0.05) is 60.7 Å². The number of fused-ring (bicyclic) bond motifs is 10. The monoisotopic (exact) mass is 564 g/mol. The van der Waals surface area contributed by atoms with Gasteiger partial charge < -0.3 is 17.6 Å².